The van der Waals surface area contributed by atoms with Crippen LogP contribution in [0.4, 0.5) is 19.0 Å². The van der Waals surface area contributed by atoms with Gasteiger partial charge in [-0.1, -0.05) is 17.7 Å². The molecule has 0 bridgehead atoms. The highest BCUT2D eigenvalue weighted by molar-refractivity contribution is 6.30. The second kappa shape index (κ2) is 6.84. The van der Waals surface area contributed by atoms with E-state index in [2.05, 4.69) is 20.3 Å². The Bertz CT molecular complexity index is 893. The number of rotatable bonds is 4. The number of alkyl halides is 3. The quantitative estimate of drug-likeness (QED) is 0.724. The molecular formula is C17H14ClF3N4. The van der Waals surface area contributed by atoms with Crippen LogP contribution in [0.5, 0.6) is 0 Å². The van der Waals surface area contributed by atoms with Gasteiger partial charge in [-0.3, -0.25) is 0 Å². The summed E-state index contributed by atoms with van der Waals surface area (Å²) >= 11 is 5.72. The van der Waals surface area contributed by atoms with Crippen molar-refractivity contribution in [3.05, 3.63) is 59.0 Å². The zero-order valence-electron chi connectivity index (χ0n) is 13.2. The van der Waals surface area contributed by atoms with Crippen LogP contribution in [0.2, 0.25) is 5.02 Å². The SMILES string of the molecule is CC(Cc1ccc(Cl)cc1C(F)(F)F)Nc1ncnc2ncccc12. The van der Waals surface area contributed by atoms with E-state index >= 15 is 0 Å². The summed E-state index contributed by atoms with van der Waals surface area (Å²) in [5.74, 6) is 0.535. The van der Waals surface area contributed by atoms with Crippen molar-refractivity contribution in [1.82, 2.24) is 15.0 Å². The number of nitrogens with zero attached hydrogens (tertiary/aromatic N) is 3. The topological polar surface area (TPSA) is 50.7 Å². The summed E-state index contributed by atoms with van der Waals surface area (Å²) in [5.41, 5.74) is -0.0223. The molecule has 0 spiro atoms. The van der Waals surface area contributed by atoms with Gasteiger partial charge in [0.05, 0.1) is 10.9 Å². The fourth-order valence-corrected chi connectivity index (χ4v) is 2.79. The average Bonchev–Trinajstić information content (AvgIpc) is 2.56. The van der Waals surface area contributed by atoms with Crippen LogP contribution in [0.1, 0.15) is 18.1 Å². The van der Waals surface area contributed by atoms with Crippen LogP contribution in [0.15, 0.2) is 42.9 Å². The van der Waals surface area contributed by atoms with E-state index < -0.39 is 11.7 Å². The molecule has 0 aliphatic rings. The minimum absolute atomic E-state index is 0.0598. The highest BCUT2D eigenvalue weighted by atomic mass is 35.5. The van der Waals surface area contributed by atoms with Crippen LogP contribution in [0.3, 0.4) is 0 Å². The van der Waals surface area contributed by atoms with E-state index in [4.69, 9.17) is 11.6 Å². The lowest BCUT2D eigenvalue weighted by molar-refractivity contribution is -0.138. The maximum absolute atomic E-state index is 13.2. The van der Waals surface area contributed by atoms with Gasteiger partial charge >= 0.3 is 6.18 Å². The molecule has 0 aliphatic heterocycles. The van der Waals surface area contributed by atoms with E-state index in [9.17, 15) is 13.2 Å². The third-order valence-electron chi connectivity index (χ3n) is 3.70. The summed E-state index contributed by atoms with van der Waals surface area (Å²) in [6.45, 7) is 1.79. The summed E-state index contributed by atoms with van der Waals surface area (Å²) in [5, 5.41) is 3.91. The summed E-state index contributed by atoms with van der Waals surface area (Å²) < 4.78 is 39.6. The van der Waals surface area contributed by atoms with E-state index in [0.29, 0.717) is 16.9 Å². The van der Waals surface area contributed by atoms with Crippen LogP contribution < -0.4 is 5.32 Å². The summed E-state index contributed by atoms with van der Waals surface area (Å²) in [6, 6.07) is 7.09. The third-order valence-corrected chi connectivity index (χ3v) is 3.93. The van der Waals surface area contributed by atoms with Gasteiger partial charge in [-0.05, 0) is 43.2 Å². The molecule has 3 rings (SSSR count). The summed E-state index contributed by atoms with van der Waals surface area (Å²) in [4.78, 5) is 12.4. The maximum Gasteiger partial charge on any atom is 0.416 e. The maximum atomic E-state index is 13.2. The normalized spacial score (nSPS) is 13.0. The van der Waals surface area contributed by atoms with Crippen LogP contribution >= 0.6 is 11.6 Å². The minimum atomic E-state index is -4.45. The first-order valence-electron chi connectivity index (χ1n) is 7.52. The van der Waals surface area contributed by atoms with Crippen molar-refractivity contribution < 1.29 is 13.2 Å². The molecule has 0 fully saturated rings. The third kappa shape index (κ3) is 3.99. The van der Waals surface area contributed by atoms with Crippen molar-refractivity contribution in [2.75, 3.05) is 5.32 Å². The Kier molecular flexibility index (Phi) is 4.76. The zero-order valence-corrected chi connectivity index (χ0v) is 13.9. The first kappa shape index (κ1) is 17.4. The molecule has 2 aromatic heterocycles. The number of anilines is 1. The largest absolute Gasteiger partial charge is 0.416 e. The molecule has 1 atom stereocenters. The van der Waals surface area contributed by atoms with Crippen molar-refractivity contribution >= 4 is 28.5 Å². The Hall–Kier alpha value is -2.41. The number of nitrogens with one attached hydrogen (secondary N) is 1. The Morgan fingerprint density at radius 2 is 1.96 bits per heavy atom. The molecule has 25 heavy (non-hydrogen) atoms. The van der Waals surface area contributed by atoms with E-state index in [-0.39, 0.29) is 23.0 Å². The van der Waals surface area contributed by atoms with Gasteiger partial charge in [-0.15, -0.1) is 0 Å². The molecule has 0 saturated carbocycles. The molecule has 4 nitrogen and oxygen atoms in total. The van der Waals surface area contributed by atoms with Crippen molar-refractivity contribution in [3.8, 4) is 0 Å². The van der Waals surface area contributed by atoms with Gasteiger partial charge < -0.3 is 5.32 Å². The number of hydrogen-bond donors (Lipinski definition) is 1. The molecule has 0 radical (unpaired) electrons. The molecule has 0 aliphatic carbocycles. The molecule has 3 aromatic rings. The Balaban J connectivity index is 1.85. The van der Waals surface area contributed by atoms with Crippen LogP contribution in [0.25, 0.3) is 11.0 Å². The fraction of sp³-hybridized carbons (Fsp3) is 0.235. The molecule has 1 unspecified atom stereocenters. The standard InChI is InChI=1S/C17H14ClF3N4/c1-10(7-11-4-5-12(18)8-14(11)17(19,20)21)25-16-13-3-2-6-22-15(13)23-9-24-16/h2-6,8-10H,7H2,1H3,(H,22,23,24,25). The Morgan fingerprint density at radius 3 is 2.72 bits per heavy atom. The van der Waals surface area contributed by atoms with Gasteiger partial charge in [0.2, 0.25) is 0 Å². The summed E-state index contributed by atoms with van der Waals surface area (Å²) in [7, 11) is 0. The van der Waals surface area contributed by atoms with Crippen LogP contribution in [-0.2, 0) is 12.6 Å². The van der Waals surface area contributed by atoms with Crippen molar-refractivity contribution in [2.24, 2.45) is 0 Å². The average molecular weight is 367 g/mol. The van der Waals surface area contributed by atoms with E-state index in [1.54, 1.807) is 25.3 Å². The number of halogens is 4. The first-order chi connectivity index (χ1) is 11.8. The van der Waals surface area contributed by atoms with E-state index in [1.165, 1.54) is 18.5 Å². The molecule has 1 N–H and O–H groups in total. The lowest BCUT2D eigenvalue weighted by Gasteiger charge is -2.19. The van der Waals surface area contributed by atoms with E-state index in [0.717, 1.165) is 6.07 Å². The van der Waals surface area contributed by atoms with Gasteiger partial charge in [-0.25, -0.2) is 15.0 Å². The van der Waals surface area contributed by atoms with Crippen molar-refractivity contribution in [2.45, 2.75) is 25.6 Å². The fourth-order valence-electron chi connectivity index (χ4n) is 2.62. The number of benzene rings is 1. The first-order valence-corrected chi connectivity index (χ1v) is 7.90. The van der Waals surface area contributed by atoms with E-state index in [1.807, 2.05) is 0 Å². The van der Waals surface area contributed by atoms with Crippen molar-refractivity contribution in [1.29, 1.82) is 0 Å². The van der Waals surface area contributed by atoms with Crippen LogP contribution in [0, 0.1) is 0 Å². The molecule has 2 heterocycles. The molecule has 8 heteroatoms. The summed E-state index contributed by atoms with van der Waals surface area (Å²) in [6.07, 6.45) is -1.30. The van der Waals surface area contributed by atoms with Gasteiger partial charge in [-0.2, -0.15) is 13.2 Å². The smallest absolute Gasteiger partial charge is 0.367 e. The van der Waals surface area contributed by atoms with Gasteiger partial charge in [0.15, 0.2) is 5.65 Å². The molecule has 1 aromatic carbocycles. The Morgan fingerprint density at radius 1 is 1.16 bits per heavy atom. The zero-order chi connectivity index (χ0) is 18.0. The predicted molar refractivity (Wildman–Crippen MR) is 90.6 cm³/mol. The monoisotopic (exact) mass is 366 g/mol. The molecule has 0 amide bonds. The molecule has 0 saturated heterocycles. The number of fused-ring (bicyclic) bond motifs is 1. The Labute approximate surface area is 147 Å². The van der Waals surface area contributed by atoms with Crippen molar-refractivity contribution in [3.63, 3.8) is 0 Å². The molecular weight excluding hydrogens is 353 g/mol. The second-order valence-corrected chi connectivity index (χ2v) is 6.08. The minimum Gasteiger partial charge on any atom is -0.367 e. The van der Waals surface area contributed by atoms with Gasteiger partial charge in [0, 0.05) is 17.3 Å². The molecule has 130 valence electrons. The lowest BCUT2D eigenvalue weighted by atomic mass is 10.0. The predicted octanol–water partition coefficient (Wildman–Crippen LogP) is 4.74. The van der Waals surface area contributed by atoms with Gasteiger partial charge in [0.1, 0.15) is 12.1 Å². The van der Waals surface area contributed by atoms with Gasteiger partial charge in [0.25, 0.3) is 0 Å². The second-order valence-electron chi connectivity index (χ2n) is 5.65. The number of pyridine rings is 1. The number of aromatic nitrogens is 3. The van der Waals surface area contributed by atoms with Crippen LogP contribution in [-0.4, -0.2) is 21.0 Å². The number of hydrogen-bond acceptors (Lipinski definition) is 4. The highest BCUT2D eigenvalue weighted by Crippen LogP contribution is 2.34. The lowest BCUT2D eigenvalue weighted by Crippen LogP contribution is -2.21. The highest BCUT2D eigenvalue weighted by Gasteiger charge is 2.33.